The maximum Gasteiger partial charge on any atom is -0.000696 e. The average Bonchev–Trinajstić information content (AvgIpc) is 1.49. The highest BCUT2D eigenvalue weighted by Crippen LogP contribution is 2.66. The van der Waals surface area contributed by atoms with Crippen molar-refractivity contribution in [1.82, 2.24) is 0 Å². The van der Waals surface area contributed by atoms with E-state index in [-0.39, 0.29) is 0 Å². The summed E-state index contributed by atoms with van der Waals surface area (Å²) in [7, 11) is 0. The highest BCUT2D eigenvalue weighted by molar-refractivity contribution is 6.42. The number of benzene rings is 17. The smallest absolute Gasteiger partial charge is 0.000696 e. The van der Waals surface area contributed by atoms with E-state index in [9.17, 15) is 0 Å². The van der Waals surface area contributed by atoms with Gasteiger partial charge in [0.2, 0.25) is 0 Å². The SMILES string of the molecule is c1ccc(-c2ccccc2-c2c(-c3ccccc3)c(-c3ccccc3)c(-c3ccccc3)c3c2-c2ccc4c5ccc6c7c(ccc(c8ccc-3c2c84)c75)-c2c(-c3ccccc3)c(-c3ccccc3)c(-c3ccccc3)c(-c3ccccc3-c3ccccc3)c2-6)cc1. The lowest BCUT2D eigenvalue weighted by atomic mass is 9.75. The summed E-state index contributed by atoms with van der Waals surface area (Å²) in [5, 5.41) is 10.3. The first-order valence-corrected chi connectivity index (χ1v) is 32.1. The van der Waals surface area contributed by atoms with E-state index in [0.717, 1.165) is 0 Å². The average molecular weight is 1160 g/mol. The van der Waals surface area contributed by atoms with Crippen LogP contribution < -0.4 is 0 Å². The van der Waals surface area contributed by atoms with Crippen molar-refractivity contribution in [3.8, 4) is 156 Å². The maximum absolute atomic E-state index is 2.49. The Hall–Kier alpha value is -12.0. The van der Waals surface area contributed by atoms with Crippen molar-refractivity contribution in [2.24, 2.45) is 0 Å². The van der Waals surface area contributed by atoms with Gasteiger partial charge in [0.1, 0.15) is 0 Å². The van der Waals surface area contributed by atoms with Crippen LogP contribution in [-0.4, -0.2) is 0 Å². The normalized spacial score (nSPS) is 11.9. The van der Waals surface area contributed by atoms with Crippen molar-refractivity contribution in [1.29, 1.82) is 0 Å². The lowest BCUT2D eigenvalue weighted by Gasteiger charge is -2.27. The van der Waals surface area contributed by atoms with E-state index in [1.165, 1.54) is 199 Å². The van der Waals surface area contributed by atoms with Gasteiger partial charge in [-0.2, -0.15) is 0 Å². The molecule has 2 aliphatic rings. The number of hydrogen-bond acceptors (Lipinski definition) is 0. The summed E-state index contributed by atoms with van der Waals surface area (Å²) in [5.74, 6) is 0. The molecular weight excluding hydrogens is 1110 g/mol. The van der Waals surface area contributed by atoms with E-state index < -0.39 is 0 Å². The van der Waals surface area contributed by atoms with E-state index in [0.29, 0.717) is 0 Å². The summed E-state index contributed by atoms with van der Waals surface area (Å²) in [5.41, 5.74) is 34.4. The van der Waals surface area contributed by atoms with Crippen LogP contribution >= 0.6 is 0 Å². The van der Waals surface area contributed by atoms with Crippen LogP contribution in [0, 0.1) is 0 Å². The molecule has 2 aliphatic carbocycles. The Labute approximate surface area is 535 Å². The molecule has 17 aromatic carbocycles. The summed E-state index contributed by atoms with van der Waals surface area (Å²) in [6, 6.07) is 127. The van der Waals surface area contributed by atoms with Gasteiger partial charge in [0.25, 0.3) is 0 Å². The van der Waals surface area contributed by atoms with Crippen LogP contribution in [0.2, 0.25) is 0 Å². The fourth-order valence-corrected chi connectivity index (χ4v) is 16.3. The summed E-state index contributed by atoms with van der Waals surface area (Å²) < 4.78 is 0. The lowest BCUT2D eigenvalue weighted by Crippen LogP contribution is -2.00. The summed E-state index contributed by atoms with van der Waals surface area (Å²) in [4.78, 5) is 0. The van der Waals surface area contributed by atoms with Crippen molar-refractivity contribution < 1.29 is 0 Å². The van der Waals surface area contributed by atoms with Gasteiger partial charge in [0.05, 0.1) is 0 Å². The fraction of sp³-hybridized carbons (Fsp3) is 0. The van der Waals surface area contributed by atoms with Crippen LogP contribution in [0.15, 0.2) is 340 Å². The van der Waals surface area contributed by atoms with Crippen molar-refractivity contribution in [3.63, 3.8) is 0 Å². The second-order valence-electron chi connectivity index (χ2n) is 24.7. The van der Waals surface area contributed by atoms with Crippen LogP contribution in [0.4, 0.5) is 0 Å². The Morgan fingerprint density at radius 2 is 0.272 bits per heavy atom. The van der Waals surface area contributed by atoms with Crippen LogP contribution in [0.25, 0.3) is 199 Å². The highest BCUT2D eigenvalue weighted by atomic mass is 14.4. The molecule has 19 rings (SSSR count). The van der Waals surface area contributed by atoms with E-state index in [1.807, 2.05) is 0 Å². The second-order valence-corrected chi connectivity index (χ2v) is 24.7. The first-order valence-electron chi connectivity index (χ1n) is 32.1. The minimum absolute atomic E-state index is 1.18. The predicted molar refractivity (Wildman–Crippen MR) is 391 cm³/mol. The van der Waals surface area contributed by atoms with E-state index in [4.69, 9.17) is 0 Å². The Bertz CT molecular complexity index is 5390. The maximum atomic E-state index is 2.49. The first kappa shape index (κ1) is 52.0. The summed E-state index contributed by atoms with van der Waals surface area (Å²) in [6.45, 7) is 0. The predicted octanol–water partition coefficient (Wildman–Crippen LogP) is 25.7. The Balaban J connectivity index is 0.962. The second kappa shape index (κ2) is 20.8. The molecule has 0 heteroatoms. The highest BCUT2D eigenvalue weighted by Gasteiger charge is 2.39. The van der Waals surface area contributed by atoms with Gasteiger partial charge in [-0.25, -0.2) is 0 Å². The van der Waals surface area contributed by atoms with Gasteiger partial charge in [0, 0.05) is 0 Å². The van der Waals surface area contributed by atoms with Crippen LogP contribution in [0.1, 0.15) is 0 Å². The minimum Gasteiger partial charge on any atom is -0.0622 e. The quantitative estimate of drug-likeness (QED) is 0.0946. The van der Waals surface area contributed by atoms with Crippen molar-refractivity contribution >= 4 is 43.1 Å². The molecule has 0 nitrogen and oxygen atoms in total. The molecule has 0 N–H and O–H groups in total. The molecule has 0 amide bonds. The molecule has 0 aliphatic heterocycles. The molecule has 0 bridgehead atoms. The molecule has 0 atom stereocenters. The number of fused-ring (bicyclic) bond motifs is 8. The molecule has 0 heterocycles. The van der Waals surface area contributed by atoms with Gasteiger partial charge < -0.3 is 0 Å². The van der Waals surface area contributed by atoms with Crippen LogP contribution in [0.5, 0.6) is 0 Å². The Morgan fingerprint density at radius 3 is 0.511 bits per heavy atom. The van der Waals surface area contributed by atoms with Gasteiger partial charge in [-0.05, 0) is 199 Å². The molecular formula is C92H56. The number of rotatable bonds is 10. The molecule has 0 unspecified atom stereocenters. The summed E-state index contributed by atoms with van der Waals surface area (Å²) in [6.07, 6.45) is 0. The molecule has 424 valence electrons. The third-order valence-electron chi connectivity index (χ3n) is 19.9. The van der Waals surface area contributed by atoms with E-state index in [1.54, 1.807) is 0 Å². The topological polar surface area (TPSA) is 0 Å². The molecule has 0 fully saturated rings. The van der Waals surface area contributed by atoms with Crippen molar-refractivity contribution in [3.05, 3.63) is 340 Å². The Morgan fingerprint density at radius 1 is 0.0978 bits per heavy atom. The molecule has 0 radical (unpaired) electrons. The van der Waals surface area contributed by atoms with Gasteiger partial charge in [0.15, 0.2) is 0 Å². The lowest BCUT2D eigenvalue weighted by molar-refractivity contribution is 1.53. The van der Waals surface area contributed by atoms with E-state index >= 15 is 0 Å². The zero-order valence-corrected chi connectivity index (χ0v) is 50.3. The molecule has 17 aromatic rings. The van der Waals surface area contributed by atoms with Gasteiger partial charge in [-0.3, -0.25) is 0 Å². The monoisotopic (exact) mass is 1160 g/mol. The third kappa shape index (κ3) is 7.65. The van der Waals surface area contributed by atoms with Crippen LogP contribution in [-0.2, 0) is 0 Å². The summed E-state index contributed by atoms with van der Waals surface area (Å²) >= 11 is 0. The van der Waals surface area contributed by atoms with Gasteiger partial charge >= 0.3 is 0 Å². The largest absolute Gasteiger partial charge is 0.0622 e. The van der Waals surface area contributed by atoms with E-state index in [2.05, 4.69) is 340 Å². The third-order valence-corrected chi connectivity index (χ3v) is 19.9. The van der Waals surface area contributed by atoms with Crippen molar-refractivity contribution in [2.75, 3.05) is 0 Å². The molecule has 0 aromatic heterocycles. The fourth-order valence-electron chi connectivity index (χ4n) is 16.3. The first-order chi connectivity index (χ1) is 45.8. The molecule has 0 spiro atoms. The van der Waals surface area contributed by atoms with Crippen molar-refractivity contribution in [2.45, 2.75) is 0 Å². The molecule has 92 heavy (non-hydrogen) atoms. The number of hydrogen-bond donors (Lipinski definition) is 0. The van der Waals surface area contributed by atoms with Gasteiger partial charge in [-0.15, -0.1) is 0 Å². The van der Waals surface area contributed by atoms with Crippen LogP contribution in [0.3, 0.4) is 0 Å². The zero-order chi connectivity index (χ0) is 60.4. The molecule has 0 saturated heterocycles. The Kier molecular flexibility index (Phi) is 11.8. The van der Waals surface area contributed by atoms with Gasteiger partial charge in [-0.1, -0.05) is 340 Å². The zero-order valence-electron chi connectivity index (χ0n) is 50.3. The minimum atomic E-state index is 1.18. The molecule has 0 saturated carbocycles. The standard InChI is InChI=1S/C92H56/c1-9-29-57(30-10-1)65-45-25-27-47-67(65)87-79(61-37-17-5-18-38-61)77(59-33-13-3-14-34-59)81(63-41-21-7-22-42-63)89-73-53-49-69-70-50-54-74-86-76(56-52-72(84(70)86)71-51-55-75(91(87)89)85(73)83(69)71)92-88(68-48-28-26-46-66(68)58-31-11-2-12-32-58)80(62-39-19-6-20-40-62)78(60-35-15-4-16-36-60)82(90(74)92)64-43-23-8-24-44-64/h1-56H.